The molecule has 0 fully saturated rings. The van der Waals surface area contributed by atoms with E-state index in [1.165, 1.54) is 10.6 Å². The molecule has 0 aromatic heterocycles. The number of unbranched alkanes of at least 4 members (excludes halogenated alkanes) is 1. The van der Waals surface area contributed by atoms with E-state index in [1.54, 1.807) is 4.90 Å². The summed E-state index contributed by atoms with van der Waals surface area (Å²) < 4.78 is 26.6. The van der Waals surface area contributed by atoms with E-state index in [4.69, 9.17) is 0 Å². The van der Waals surface area contributed by atoms with Crippen molar-refractivity contribution in [2.24, 2.45) is 0 Å². The van der Waals surface area contributed by atoms with Gasteiger partial charge in [-0.3, -0.25) is 13.9 Å². The molecule has 0 aliphatic heterocycles. The minimum absolute atomic E-state index is 0.134. The van der Waals surface area contributed by atoms with Gasteiger partial charge in [0.2, 0.25) is 21.8 Å². The van der Waals surface area contributed by atoms with E-state index in [0.717, 1.165) is 29.5 Å². The van der Waals surface area contributed by atoms with Crippen LogP contribution in [-0.4, -0.2) is 57.1 Å². The fourth-order valence-corrected chi connectivity index (χ4v) is 5.39. The van der Waals surface area contributed by atoms with Gasteiger partial charge in [-0.25, -0.2) is 8.42 Å². The van der Waals surface area contributed by atoms with Crippen LogP contribution in [0.3, 0.4) is 0 Å². The summed E-state index contributed by atoms with van der Waals surface area (Å²) in [6.45, 7) is 9.00. The van der Waals surface area contributed by atoms with Crippen molar-refractivity contribution in [3.05, 3.63) is 65.2 Å². The Hall–Kier alpha value is -2.87. The molecule has 0 saturated heterocycles. The van der Waals surface area contributed by atoms with Crippen molar-refractivity contribution in [3.63, 3.8) is 0 Å². The zero-order valence-corrected chi connectivity index (χ0v) is 23.8. The molecule has 0 bridgehead atoms. The van der Waals surface area contributed by atoms with Crippen molar-refractivity contribution in [1.82, 2.24) is 10.2 Å². The Morgan fingerprint density at radius 3 is 2.30 bits per heavy atom. The Kier molecular flexibility index (Phi) is 12.1. The van der Waals surface area contributed by atoms with Gasteiger partial charge < -0.3 is 10.2 Å². The summed E-state index contributed by atoms with van der Waals surface area (Å²) in [6, 6.07) is 15.1. The molecule has 0 heterocycles. The van der Waals surface area contributed by atoms with Crippen LogP contribution in [-0.2, 0) is 26.0 Å². The number of hydrogen-bond donors (Lipinski definition) is 1. The van der Waals surface area contributed by atoms with Crippen LogP contribution in [0.25, 0.3) is 0 Å². The second kappa shape index (κ2) is 14.8. The molecule has 0 aliphatic carbocycles. The molecule has 37 heavy (non-hydrogen) atoms. The molecule has 2 aromatic carbocycles. The third kappa shape index (κ3) is 9.50. The maximum Gasteiger partial charge on any atom is 0.242 e. The van der Waals surface area contributed by atoms with Crippen LogP contribution in [0.1, 0.15) is 62.6 Å². The Morgan fingerprint density at radius 1 is 0.973 bits per heavy atom. The number of nitrogens with one attached hydrogen (secondary N) is 1. The van der Waals surface area contributed by atoms with Crippen molar-refractivity contribution in [2.45, 2.75) is 72.3 Å². The maximum atomic E-state index is 13.5. The average molecular weight is 530 g/mol. The lowest BCUT2D eigenvalue weighted by Gasteiger charge is -2.31. The van der Waals surface area contributed by atoms with E-state index in [9.17, 15) is 18.0 Å². The van der Waals surface area contributed by atoms with E-state index in [0.29, 0.717) is 38.0 Å². The summed E-state index contributed by atoms with van der Waals surface area (Å²) in [5, 5.41) is 2.97. The van der Waals surface area contributed by atoms with Gasteiger partial charge in [0.05, 0.1) is 11.9 Å². The normalized spacial score (nSPS) is 12.1. The van der Waals surface area contributed by atoms with Gasteiger partial charge in [0.15, 0.2) is 0 Å². The van der Waals surface area contributed by atoms with Crippen LogP contribution >= 0.6 is 0 Å². The smallest absolute Gasteiger partial charge is 0.242 e. The molecule has 0 unspecified atom stereocenters. The maximum absolute atomic E-state index is 13.5. The summed E-state index contributed by atoms with van der Waals surface area (Å²) in [6.07, 6.45) is 4.72. The van der Waals surface area contributed by atoms with Crippen LogP contribution in [0.5, 0.6) is 0 Å². The highest BCUT2D eigenvalue weighted by molar-refractivity contribution is 7.92. The lowest BCUT2D eigenvalue weighted by Crippen LogP contribution is -2.50. The van der Waals surface area contributed by atoms with Crippen LogP contribution in [0.15, 0.2) is 48.5 Å². The highest BCUT2D eigenvalue weighted by Gasteiger charge is 2.28. The van der Waals surface area contributed by atoms with Crippen molar-refractivity contribution in [2.75, 3.05) is 30.2 Å². The predicted molar refractivity (Wildman–Crippen MR) is 151 cm³/mol. The quantitative estimate of drug-likeness (QED) is 0.341. The number of hydrogen-bond acceptors (Lipinski definition) is 4. The van der Waals surface area contributed by atoms with Crippen molar-refractivity contribution in [3.8, 4) is 0 Å². The van der Waals surface area contributed by atoms with E-state index in [-0.39, 0.29) is 24.8 Å². The van der Waals surface area contributed by atoms with Crippen LogP contribution in [0.4, 0.5) is 5.69 Å². The molecule has 0 radical (unpaired) electrons. The van der Waals surface area contributed by atoms with E-state index in [2.05, 4.69) is 12.2 Å². The van der Waals surface area contributed by atoms with E-state index < -0.39 is 16.1 Å². The number of anilines is 1. The minimum Gasteiger partial charge on any atom is -0.354 e. The highest BCUT2D eigenvalue weighted by atomic mass is 32.2. The standard InChI is InChI=1S/C29H43N3O4S/c1-6-8-19-30-29(34)26(7-2)31(21-18-25-13-10-9-11-14-25)28(33)15-12-20-32(37(5,35)36)27-22-23(3)16-17-24(27)4/h9-11,13-14,16-17,22,26H,6-8,12,15,18-21H2,1-5H3,(H,30,34)/t26-/m1/s1. The average Bonchev–Trinajstić information content (AvgIpc) is 2.86. The number of amides is 2. The monoisotopic (exact) mass is 529 g/mol. The van der Waals surface area contributed by atoms with Crippen LogP contribution in [0.2, 0.25) is 0 Å². The Bertz CT molecular complexity index is 1120. The second-order valence-corrected chi connectivity index (χ2v) is 11.5. The molecule has 2 rings (SSSR count). The SMILES string of the molecule is CCCCNC(=O)[C@@H](CC)N(CCc1ccccc1)C(=O)CCCN(c1cc(C)ccc1C)S(C)(=O)=O. The van der Waals surface area contributed by atoms with Gasteiger partial charge >= 0.3 is 0 Å². The van der Waals surface area contributed by atoms with Gasteiger partial charge in [0, 0.05) is 26.1 Å². The number of sulfonamides is 1. The Morgan fingerprint density at radius 2 is 1.68 bits per heavy atom. The summed E-state index contributed by atoms with van der Waals surface area (Å²) in [5.74, 6) is -0.270. The number of benzene rings is 2. The molecular formula is C29H43N3O4S. The number of carbonyl (C=O) groups excluding carboxylic acids is 2. The first-order valence-electron chi connectivity index (χ1n) is 13.2. The zero-order chi connectivity index (χ0) is 27.4. The zero-order valence-electron chi connectivity index (χ0n) is 23.0. The third-order valence-electron chi connectivity index (χ3n) is 6.49. The fourth-order valence-electron chi connectivity index (χ4n) is 4.37. The number of nitrogens with zero attached hydrogens (tertiary/aromatic N) is 2. The molecule has 0 saturated carbocycles. The molecule has 1 atom stereocenters. The summed E-state index contributed by atoms with van der Waals surface area (Å²) in [4.78, 5) is 28.1. The number of rotatable bonds is 15. The Labute approximate surface area is 223 Å². The fraction of sp³-hybridized carbons (Fsp3) is 0.517. The van der Waals surface area contributed by atoms with Crippen LogP contribution in [0, 0.1) is 13.8 Å². The summed E-state index contributed by atoms with van der Waals surface area (Å²) in [5.41, 5.74) is 3.57. The van der Waals surface area contributed by atoms with Gasteiger partial charge in [-0.05, 0) is 62.3 Å². The van der Waals surface area contributed by atoms with Crippen molar-refractivity contribution < 1.29 is 18.0 Å². The van der Waals surface area contributed by atoms with E-state index in [1.807, 2.05) is 69.3 Å². The molecule has 2 amide bonds. The van der Waals surface area contributed by atoms with Gasteiger partial charge in [-0.1, -0.05) is 62.7 Å². The molecular weight excluding hydrogens is 486 g/mol. The first-order chi connectivity index (χ1) is 17.6. The molecule has 204 valence electrons. The van der Waals surface area contributed by atoms with Crippen LogP contribution < -0.4 is 9.62 Å². The summed E-state index contributed by atoms with van der Waals surface area (Å²) >= 11 is 0. The minimum atomic E-state index is -3.52. The van der Waals surface area contributed by atoms with Gasteiger partial charge in [0.25, 0.3) is 0 Å². The highest BCUT2D eigenvalue weighted by Crippen LogP contribution is 2.24. The molecule has 8 heteroatoms. The number of aryl methyl sites for hydroxylation is 2. The summed E-state index contributed by atoms with van der Waals surface area (Å²) in [7, 11) is -3.52. The molecule has 1 N–H and O–H groups in total. The van der Waals surface area contributed by atoms with Gasteiger partial charge in [-0.2, -0.15) is 0 Å². The topological polar surface area (TPSA) is 86.8 Å². The van der Waals surface area contributed by atoms with Crippen molar-refractivity contribution >= 4 is 27.5 Å². The number of carbonyl (C=O) groups is 2. The molecule has 2 aromatic rings. The molecule has 7 nitrogen and oxygen atoms in total. The van der Waals surface area contributed by atoms with E-state index >= 15 is 0 Å². The largest absolute Gasteiger partial charge is 0.354 e. The molecule has 0 spiro atoms. The second-order valence-electron chi connectivity index (χ2n) is 9.62. The molecule has 0 aliphatic rings. The third-order valence-corrected chi connectivity index (χ3v) is 7.67. The van der Waals surface area contributed by atoms with Gasteiger partial charge in [0.1, 0.15) is 6.04 Å². The lowest BCUT2D eigenvalue weighted by atomic mass is 10.1. The predicted octanol–water partition coefficient (Wildman–Crippen LogP) is 4.62. The lowest BCUT2D eigenvalue weighted by molar-refractivity contribution is -0.140. The Balaban J connectivity index is 2.17. The first kappa shape index (κ1) is 30.4. The first-order valence-corrected chi connectivity index (χ1v) is 15.1. The van der Waals surface area contributed by atoms with Crippen molar-refractivity contribution in [1.29, 1.82) is 0 Å². The van der Waals surface area contributed by atoms with Gasteiger partial charge in [-0.15, -0.1) is 0 Å².